The van der Waals surface area contributed by atoms with Crippen LogP contribution in [0.4, 0.5) is 0 Å². The van der Waals surface area contributed by atoms with Crippen molar-refractivity contribution in [3.8, 4) is 0 Å². The highest BCUT2D eigenvalue weighted by Crippen LogP contribution is 2.18. The van der Waals surface area contributed by atoms with Gasteiger partial charge in [-0.3, -0.25) is 9.69 Å². The molecule has 2 aliphatic heterocycles. The summed E-state index contributed by atoms with van der Waals surface area (Å²) in [6, 6.07) is 0. The Bertz CT molecular complexity index is 452. The maximum atomic E-state index is 11.8. The number of carbonyl (C=O) groups excluding carboxylic acids is 1. The average molecular weight is 465 g/mol. The lowest BCUT2D eigenvalue weighted by atomic mass is 10.1. The molecule has 0 bridgehead atoms. The first-order chi connectivity index (χ1) is 11.6. The average Bonchev–Trinajstić information content (AvgIpc) is 3.03. The molecule has 0 aromatic rings. The Labute approximate surface area is 168 Å². The van der Waals surface area contributed by atoms with E-state index in [2.05, 4.69) is 26.7 Å². The highest BCUT2D eigenvalue weighted by molar-refractivity contribution is 14.0. The van der Waals surface area contributed by atoms with Crippen LogP contribution in [0.25, 0.3) is 0 Å². The van der Waals surface area contributed by atoms with E-state index in [1.54, 1.807) is 19.0 Å². The number of likely N-dealkylation sites (tertiary alicyclic amines) is 1. The van der Waals surface area contributed by atoms with Gasteiger partial charge in [-0.2, -0.15) is 0 Å². The zero-order valence-electron chi connectivity index (χ0n) is 15.4. The highest BCUT2D eigenvalue weighted by Gasteiger charge is 2.27. The molecule has 25 heavy (non-hydrogen) atoms. The smallest absolute Gasteiger partial charge is 0.243 e. The molecular formula is C17H32IN5O2. The minimum absolute atomic E-state index is 0. The van der Waals surface area contributed by atoms with E-state index in [1.165, 1.54) is 0 Å². The van der Waals surface area contributed by atoms with E-state index in [0.717, 1.165) is 58.3 Å². The second-order valence-corrected chi connectivity index (χ2v) is 6.61. The molecular weight excluding hydrogens is 433 g/mol. The van der Waals surface area contributed by atoms with Gasteiger partial charge >= 0.3 is 0 Å². The van der Waals surface area contributed by atoms with Crippen LogP contribution < -0.4 is 5.32 Å². The molecule has 0 aromatic heterocycles. The molecule has 0 radical (unpaired) electrons. The summed E-state index contributed by atoms with van der Waals surface area (Å²) in [6.07, 6.45) is 2.97. The van der Waals surface area contributed by atoms with E-state index in [1.807, 2.05) is 6.08 Å². The minimum Gasteiger partial charge on any atom is -0.379 e. The van der Waals surface area contributed by atoms with Crippen molar-refractivity contribution in [2.45, 2.75) is 6.42 Å². The number of nitrogens with zero attached hydrogens (tertiary/aromatic N) is 4. The largest absolute Gasteiger partial charge is 0.379 e. The van der Waals surface area contributed by atoms with Crippen LogP contribution in [0.2, 0.25) is 0 Å². The van der Waals surface area contributed by atoms with E-state index in [9.17, 15) is 4.79 Å². The fourth-order valence-corrected chi connectivity index (χ4v) is 3.04. The molecule has 2 heterocycles. The molecule has 2 rings (SSSR count). The van der Waals surface area contributed by atoms with Crippen molar-refractivity contribution in [2.75, 3.05) is 73.1 Å². The maximum Gasteiger partial charge on any atom is 0.243 e. The molecule has 2 saturated heterocycles. The lowest BCUT2D eigenvalue weighted by molar-refractivity contribution is -0.127. The van der Waals surface area contributed by atoms with Crippen LogP contribution in [0.5, 0.6) is 0 Å². The maximum absolute atomic E-state index is 11.8. The lowest BCUT2D eigenvalue weighted by Crippen LogP contribution is -2.43. The molecule has 0 saturated carbocycles. The summed E-state index contributed by atoms with van der Waals surface area (Å²) in [7, 11) is 3.51. The van der Waals surface area contributed by atoms with Gasteiger partial charge in [-0.05, 0) is 12.3 Å². The summed E-state index contributed by atoms with van der Waals surface area (Å²) in [5.41, 5.74) is 0. The molecule has 7 nitrogen and oxygen atoms in total. The van der Waals surface area contributed by atoms with Crippen LogP contribution in [0.1, 0.15) is 6.42 Å². The summed E-state index contributed by atoms with van der Waals surface area (Å²) in [5.74, 6) is 1.47. The molecule has 144 valence electrons. The van der Waals surface area contributed by atoms with Crippen molar-refractivity contribution in [3.05, 3.63) is 12.7 Å². The van der Waals surface area contributed by atoms with Gasteiger partial charge in [0.25, 0.3) is 0 Å². The monoisotopic (exact) mass is 465 g/mol. The van der Waals surface area contributed by atoms with Gasteiger partial charge in [-0.15, -0.1) is 30.6 Å². The Morgan fingerprint density at radius 2 is 2.08 bits per heavy atom. The van der Waals surface area contributed by atoms with E-state index < -0.39 is 0 Å². The second-order valence-electron chi connectivity index (χ2n) is 6.61. The fraction of sp³-hybridized carbons (Fsp3) is 0.765. The number of aliphatic imine (C=N–C) groups is 1. The van der Waals surface area contributed by atoms with Gasteiger partial charge in [-0.1, -0.05) is 6.08 Å². The molecule has 1 unspecified atom stereocenters. The quantitative estimate of drug-likeness (QED) is 0.268. The number of guanidine groups is 1. The Morgan fingerprint density at radius 1 is 1.36 bits per heavy atom. The van der Waals surface area contributed by atoms with Gasteiger partial charge in [0.15, 0.2) is 5.96 Å². The van der Waals surface area contributed by atoms with Crippen molar-refractivity contribution >= 4 is 35.8 Å². The van der Waals surface area contributed by atoms with E-state index in [0.29, 0.717) is 12.5 Å². The zero-order chi connectivity index (χ0) is 17.4. The van der Waals surface area contributed by atoms with Crippen LogP contribution in [-0.2, 0) is 9.53 Å². The molecule has 0 aliphatic carbocycles. The number of hydrogen-bond acceptors (Lipinski definition) is 4. The number of morpholine rings is 1. The first kappa shape index (κ1) is 22.2. The van der Waals surface area contributed by atoms with Gasteiger partial charge in [0.2, 0.25) is 5.91 Å². The molecule has 8 heteroatoms. The standard InChI is InChI=1S/C17H31N5O2.HI/c1-4-6-18-17(19-12-16(23)20(2)3)22-7-5-15(14-22)13-21-8-10-24-11-9-21;/h4,15H,1,5-14H2,2-3H3,(H,18,19);1H. The van der Waals surface area contributed by atoms with Crippen LogP contribution >= 0.6 is 24.0 Å². The predicted molar refractivity (Wildman–Crippen MR) is 112 cm³/mol. The Kier molecular flexibility index (Phi) is 10.4. The number of rotatable bonds is 6. The molecule has 2 fully saturated rings. The SMILES string of the molecule is C=CCNC(=NCC(=O)N(C)C)N1CCC(CN2CCOCC2)C1.I. The third-order valence-corrected chi connectivity index (χ3v) is 4.47. The summed E-state index contributed by atoms with van der Waals surface area (Å²) < 4.78 is 5.41. The molecule has 2 aliphatic rings. The molecule has 0 aromatic carbocycles. The van der Waals surface area contributed by atoms with Crippen molar-refractivity contribution < 1.29 is 9.53 Å². The highest BCUT2D eigenvalue weighted by atomic mass is 127. The van der Waals surface area contributed by atoms with Crippen LogP contribution in [0, 0.1) is 5.92 Å². The first-order valence-corrected chi connectivity index (χ1v) is 8.74. The van der Waals surface area contributed by atoms with Crippen molar-refractivity contribution in [1.29, 1.82) is 0 Å². The third-order valence-electron chi connectivity index (χ3n) is 4.47. The normalized spacial score (nSPS) is 21.6. The fourth-order valence-electron chi connectivity index (χ4n) is 3.04. The van der Waals surface area contributed by atoms with E-state index in [-0.39, 0.29) is 36.4 Å². The number of carbonyl (C=O) groups is 1. The number of amides is 1. The van der Waals surface area contributed by atoms with E-state index in [4.69, 9.17) is 4.74 Å². The Balaban J connectivity index is 0.00000312. The summed E-state index contributed by atoms with van der Waals surface area (Å²) in [5, 5.41) is 3.28. The van der Waals surface area contributed by atoms with Gasteiger partial charge in [0, 0.05) is 53.4 Å². The Morgan fingerprint density at radius 3 is 2.72 bits per heavy atom. The van der Waals surface area contributed by atoms with Gasteiger partial charge in [0.1, 0.15) is 6.54 Å². The topological polar surface area (TPSA) is 60.4 Å². The van der Waals surface area contributed by atoms with Gasteiger partial charge in [0.05, 0.1) is 13.2 Å². The molecule has 1 amide bonds. The summed E-state index contributed by atoms with van der Waals surface area (Å²) in [4.78, 5) is 22.6. The van der Waals surface area contributed by atoms with Crippen LogP contribution in [0.3, 0.4) is 0 Å². The predicted octanol–water partition coefficient (Wildman–Crippen LogP) is 0.478. The number of likely N-dealkylation sites (N-methyl/N-ethyl adjacent to an activating group) is 1. The minimum atomic E-state index is 0. The van der Waals surface area contributed by atoms with Crippen molar-refractivity contribution in [3.63, 3.8) is 0 Å². The number of ether oxygens (including phenoxy) is 1. The number of hydrogen-bond donors (Lipinski definition) is 1. The number of nitrogens with one attached hydrogen (secondary N) is 1. The molecule has 1 N–H and O–H groups in total. The molecule has 0 spiro atoms. The van der Waals surface area contributed by atoms with Gasteiger partial charge in [-0.25, -0.2) is 4.99 Å². The van der Waals surface area contributed by atoms with Crippen molar-refractivity contribution in [2.24, 2.45) is 10.9 Å². The molecule has 1 atom stereocenters. The van der Waals surface area contributed by atoms with Crippen molar-refractivity contribution in [1.82, 2.24) is 20.0 Å². The second kappa shape index (κ2) is 11.7. The zero-order valence-corrected chi connectivity index (χ0v) is 17.8. The first-order valence-electron chi connectivity index (χ1n) is 8.74. The van der Waals surface area contributed by atoms with E-state index >= 15 is 0 Å². The number of halogens is 1. The van der Waals surface area contributed by atoms with Crippen LogP contribution in [0.15, 0.2) is 17.6 Å². The summed E-state index contributed by atoms with van der Waals surface area (Å²) in [6.45, 7) is 11.4. The van der Waals surface area contributed by atoms with Gasteiger partial charge < -0.3 is 19.9 Å². The third kappa shape index (κ3) is 7.49. The van der Waals surface area contributed by atoms with Crippen LogP contribution in [-0.4, -0.2) is 99.7 Å². The lowest BCUT2D eigenvalue weighted by Gasteiger charge is -2.29. The Hall–Kier alpha value is -0.870. The summed E-state index contributed by atoms with van der Waals surface area (Å²) >= 11 is 0.